The van der Waals surface area contributed by atoms with Crippen molar-refractivity contribution in [1.82, 2.24) is 0 Å². The van der Waals surface area contributed by atoms with Gasteiger partial charge in [0.25, 0.3) is 0 Å². The molecule has 1 fully saturated rings. The van der Waals surface area contributed by atoms with E-state index in [1.807, 2.05) is 0 Å². The summed E-state index contributed by atoms with van der Waals surface area (Å²) in [6.45, 7) is 8.85. The molecule has 0 aromatic rings. The van der Waals surface area contributed by atoms with Crippen LogP contribution in [0.1, 0.15) is 59.3 Å². The molecule has 0 aromatic heterocycles. The van der Waals surface area contributed by atoms with E-state index in [0.717, 1.165) is 25.5 Å². The molecular formula is C15H31NO. The maximum absolute atomic E-state index is 6.03. The van der Waals surface area contributed by atoms with Crippen LogP contribution in [0.25, 0.3) is 0 Å². The van der Waals surface area contributed by atoms with E-state index in [9.17, 15) is 0 Å². The quantitative estimate of drug-likeness (QED) is 0.747. The number of nitrogens with two attached hydrogens (primary N) is 1. The molecule has 1 aliphatic carbocycles. The minimum absolute atomic E-state index is 0.417. The second-order valence-electron chi connectivity index (χ2n) is 6.94. The van der Waals surface area contributed by atoms with E-state index < -0.39 is 0 Å². The summed E-state index contributed by atoms with van der Waals surface area (Å²) in [4.78, 5) is 0. The predicted octanol–water partition coefficient (Wildman–Crippen LogP) is 3.59. The summed E-state index contributed by atoms with van der Waals surface area (Å²) in [5.41, 5.74) is 6.92. The minimum atomic E-state index is 0.417. The Morgan fingerprint density at radius 2 is 1.82 bits per heavy atom. The maximum atomic E-state index is 6.03. The van der Waals surface area contributed by atoms with E-state index in [1.165, 1.54) is 32.1 Å². The van der Waals surface area contributed by atoms with Crippen molar-refractivity contribution in [2.75, 3.05) is 20.3 Å². The molecule has 0 saturated heterocycles. The Bertz CT molecular complexity index is 211. The van der Waals surface area contributed by atoms with E-state index in [1.54, 1.807) is 7.11 Å². The molecule has 0 atom stereocenters. The highest BCUT2D eigenvalue weighted by atomic mass is 16.5. The van der Waals surface area contributed by atoms with Crippen LogP contribution in [0.15, 0.2) is 0 Å². The van der Waals surface area contributed by atoms with Gasteiger partial charge in [-0.1, -0.05) is 20.8 Å². The zero-order valence-corrected chi connectivity index (χ0v) is 12.2. The van der Waals surface area contributed by atoms with Crippen LogP contribution in [-0.4, -0.2) is 20.3 Å². The lowest BCUT2D eigenvalue weighted by Crippen LogP contribution is -2.37. The zero-order chi connectivity index (χ0) is 12.9. The van der Waals surface area contributed by atoms with Crippen LogP contribution in [0.3, 0.4) is 0 Å². The zero-order valence-electron chi connectivity index (χ0n) is 12.2. The Morgan fingerprint density at radius 1 is 1.24 bits per heavy atom. The fourth-order valence-electron chi connectivity index (χ4n) is 3.24. The highest BCUT2D eigenvalue weighted by Crippen LogP contribution is 2.46. The molecule has 0 unspecified atom stereocenters. The lowest BCUT2D eigenvalue weighted by molar-refractivity contribution is 0.0764. The summed E-state index contributed by atoms with van der Waals surface area (Å²) in [6, 6.07) is 0. The number of hydrogen-bond donors (Lipinski definition) is 1. The van der Waals surface area contributed by atoms with Gasteiger partial charge in [-0.15, -0.1) is 0 Å². The minimum Gasteiger partial charge on any atom is -0.385 e. The van der Waals surface area contributed by atoms with Crippen molar-refractivity contribution in [3.05, 3.63) is 0 Å². The molecule has 17 heavy (non-hydrogen) atoms. The van der Waals surface area contributed by atoms with Gasteiger partial charge in [0, 0.05) is 13.7 Å². The maximum Gasteiger partial charge on any atom is 0.0462 e. The molecule has 1 rings (SSSR count). The van der Waals surface area contributed by atoms with Gasteiger partial charge >= 0.3 is 0 Å². The number of hydrogen-bond acceptors (Lipinski definition) is 2. The molecule has 2 heteroatoms. The van der Waals surface area contributed by atoms with Gasteiger partial charge in [0.15, 0.2) is 0 Å². The van der Waals surface area contributed by atoms with E-state index >= 15 is 0 Å². The highest BCUT2D eigenvalue weighted by Gasteiger charge is 2.37. The summed E-state index contributed by atoms with van der Waals surface area (Å²) >= 11 is 0. The third-order valence-electron chi connectivity index (χ3n) is 4.76. The molecule has 102 valence electrons. The molecule has 0 aromatic carbocycles. The van der Waals surface area contributed by atoms with E-state index in [4.69, 9.17) is 10.5 Å². The molecule has 2 N–H and O–H groups in total. The fraction of sp³-hybridized carbons (Fsp3) is 1.00. The third-order valence-corrected chi connectivity index (χ3v) is 4.76. The summed E-state index contributed by atoms with van der Waals surface area (Å²) < 4.78 is 5.16. The van der Waals surface area contributed by atoms with Gasteiger partial charge < -0.3 is 10.5 Å². The van der Waals surface area contributed by atoms with Gasteiger partial charge in [0.2, 0.25) is 0 Å². The Morgan fingerprint density at radius 3 is 2.24 bits per heavy atom. The molecule has 0 bridgehead atoms. The molecule has 1 aliphatic rings. The Hall–Kier alpha value is -0.0800. The van der Waals surface area contributed by atoms with Crippen LogP contribution in [0.5, 0.6) is 0 Å². The number of ether oxygens (including phenoxy) is 1. The van der Waals surface area contributed by atoms with Crippen molar-refractivity contribution in [3.63, 3.8) is 0 Å². The first-order valence-electron chi connectivity index (χ1n) is 7.12. The molecule has 0 amide bonds. The topological polar surface area (TPSA) is 35.2 Å². The number of rotatable bonds is 5. The number of methoxy groups -OCH3 is 1. The first kappa shape index (κ1) is 15.0. The van der Waals surface area contributed by atoms with E-state index in [2.05, 4.69) is 20.8 Å². The van der Waals surface area contributed by atoms with Crippen molar-refractivity contribution in [3.8, 4) is 0 Å². The second kappa shape index (κ2) is 6.19. The van der Waals surface area contributed by atoms with Crippen LogP contribution in [-0.2, 0) is 4.74 Å². The first-order chi connectivity index (χ1) is 7.93. The van der Waals surface area contributed by atoms with Gasteiger partial charge in [0.05, 0.1) is 0 Å². The van der Waals surface area contributed by atoms with Crippen molar-refractivity contribution in [2.24, 2.45) is 22.5 Å². The average molecular weight is 241 g/mol. The highest BCUT2D eigenvalue weighted by molar-refractivity contribution is 4.89. The smallest absolute Gasteiger partial charge is 0.0462 e. The summed E-state index contributed by atoms with van der Waals surface area (Å²) in [6.07, 6.45) is 7.74. The standard InChI is InChI=1S/C15H31NO/c1-14(2,3)13-6-9-15(12-16,10-7-13)8-5-11-17-4/h13H,5-12,16H2,1-4H3. The van der Waals surface area contributed by atoms with Crippen molar-refractivity contribution in [1.29, 1.82) is 0 Å². The van der Waals surface area contributed by atoms with Crippen LogP contribution < -0.4 is 5.73 Å². The van der Waals surface area contributed by atoms with Gasteiger partial charge in [-0.2, -0.15) is 0 Å². The molecular weight excluding hydrogens is 210 g/mol. The van der Waals surface area contributed by atoms with Gasteiger partial charge in [-0.05, 0) is 61.8 Å². The Kier molecular flexibility index (Phi) is 5.46. The van der Waals surface area contributed by atoms with E-state index in [0.29, 0.717) is 10.8 Å². The van der Waals surface area contributed by atoms with Gasteiger partial charge in [-0.3, -0.25) is 0 Å². The molecule has 0 radical (unpaired) electrons. The Labute approximate surface area is 107 Å². The van der Waals surface area contributed by atoms with Gasteiger partial charge in [-0.25, -0.2) is 0 Å². The predicted molar refractivity (Wildman–Crippen MR) is 74.0 cm³/mol. The molecule has 1 saturated carbocycles. The lowest BCUT2D eigenvalue weighted by atomic mass is 9.63. The monoisotopic (exact) mass is 241 g/mol. The SMILES string of the molecule is COCCCC1(CN)CCC(C(C)(C)C)CC1. The normalized spacial score (nSPS) is 30.5. The van der Waals surface area contributed by atoms with Crippen LogP contribution in [0.4, 0.5) is 0 Å². The van der Waals surface area contributed by atoms with Crippen LogP contribution >= 0.6 is 0 Å². The first-order valence-corrected chi connectivity index (χ1v) is 7.12. The lowest BCUT2D eigenvalue weighted by Gasteiger charge is -2.44. The second-order valence-corrected chi connectivity index (χ2v) is 6.94. The fourth-order valence-corrected chi connectivity index (χ4v) is 3.24. The molecule has 2 nitrogen and oxygen atoms in total. The molecule has 0 aliphatic heterocycles. The van der Waals surface area contributed by atoms with Crippen LogP contribution in [0.2, 0.25) is 0 Å². The molecule has 0 heterocycles. The molecule has 0 spiro atoms. The van der Waals surface area contributed by atoms with Crippen LogP contribution in [0, 0.1) is 16.7 Å². The average Bonchev–Trinajstić information content (AvgIpc) is 2.29. The summed E-state index contributed by atoms with van der Waals surface area (Å²) in [7, 11) is 1.78. The Balaban J connectivity index is 2.45. The van der Waals surface area contributed by atoms with Crippen molar-refractivity contribution < 1.29 is 4.74 Å². The van der Waals surface area contributed by atoms with Gasteiger partial charge in [0.1, 0.15) is 0 Å². The van der Waals surface area contributed by atoms with Crippen molar-refractivity contribution in [2.45, 2.75) is 59.3 Å². The summed E-state index contributed by atoms with van der Waals surface area (Å²) in [5, 5.41) is 0. The van der Waals surface area contributed by atoms with Crippen molar-refractivity contribution >= 4 is 0 Å². The largest absolute Gasteiger partial charge is 0.385 e. The summed E-state index contributed by atoms with van der Waals surface area (Å²) in [5.74, 6) is 0.879. The van der Waals surface area contributed by atoms with E-state index in [-0.39, 0.29) is 0 Å². The third kappa shape index (κ3) is 4.26.